The smallest absolute Gasteiger partial charge is 0.287 e. The minimum absolute atomic E-state index is 0.0756. The van der Waals surface area contributed by atoms with Gasteiger partial charge in [0.25, 0.3) is 11.8 Å². The Morgan fingerprint density at radius 1 is 1.14 bits per heavy atom. The van der Waals surface area contributed by atoms with Gasteiger partial charge in [-0.25, -0.2) is 9.37 Å². The second-order valence-electron chi connectivity index (χ2n) is 7.08. The number of nitrogens with one attached hydrogen (secondary N) is 2. The number of imidazole rings is 1. The first-order valence-corrected chi connectivity index (χ1v) is 10.0. The van der Waals surface area contributed by atoms with Gasteiger partial charge in [-0.3, -0.25) is 9.59 Å². The lowest BCUT2D eigenvalue weighted by Gasteiger charge is -2.17. The van der Waals surface area contributed by atoms with Crippen LogP contribution in [0.3, 0.4) is 0 Å². The summed E-state index contributed by atoms with van der Waals surface area (Å²) in [7, 11) is 0. The lowest BCUT2D eigenvalue weighted by Crippen LogP contribution is -2.28. The van der Waals surface area contributed by atoms with Crippen molar-refractivity contribution in [2.45, 2.75) is 58.5 Å². The van der Waals surface area contributed by atoms with Gasteiger partial charge in [-0.15, -0.1) is 0 Å². The van der Waals surface area contributed by atoms with Crippen LogP contribution in [0.4, 0.5) is 4.39 Å². The minimum atomic E-state index is -0.392. The number of unbranched alkanes of at least 4 members (excludes halogenated alkanes) is 2. The van der Waals surface area contributed by atoms with Crippen LogP contribution in [0, 0.1) is 5.82 Å². The molecule has 0 radical (unpaired) electrons. The summed E-state index contributed by atoms with van der Waals surface area (Å²) in [5, 5.41) is 5.63. The third-order valence-corrected chi connectivity index (χ3v) is 5.00. The summed E-state index contributed by atoms with van der Waals surface area (Å²) in [5.74, 6) is -0.754. The highest BCUT2D eigenvalue weighted by atomic mass is 19.1. The van der Waals surface area contributed by atoms with Gasteiger partial charge in [-0.05, 0) is 31.7 Å². The van der Waals surface area contributed by atoms with Gasteiger partial charge in [0.15, 0.2) is 5.82 Å². The van der Waals surface area contributed by atoms with E-state index in [1.165, 1.54) is 6.07 Å². The summed E-state index contributed by atoms with van der Waals surface area (Å²) >= 11 is 0. The molecule has 2 aromatic rings. The second kappa shape index (κ2) is 9.48. The van der Waals surface area contributed by atoms with E-state index in [0.717, 1.165) is 44.2 Å². The van der Waals surface area contributed by atoms with E-state index in [-0.39, 0.29) is 24.1 Å². The fourth-order valence-electron chi connectivity index (χ4n) is 3.46. The van der Waals surface area contributed by atoms with Crippen molar-refractivity contribution >= 4 is 11.8 Å². The van der Waals surface area contributed by atoms with Crippen LogP contribution < -0.4 is 10.6 Å². The molecular weight excluding hydrogens is 359 g/mol. The molecule has 2 heterocycles. The van der Waals surface area contributed by atoms with Crippen molar-refractivity contribution in [2.24, 2.45) is 0 Å². The molecule has 3 rings (SSSR count). The molecule has 150 valence electrons. The van der Waals surface area contributed by atoms with Gasteiger partial charge in [0.05, 0.1) is 5.69 Å². The van der Waals surface area contributed by atoms with Crippen molar-refractivity contribution in [3.63, 3.8) is 0 Å². The summed E-state index contributed by atoms with van der Waals surface area (Å²) in [6.07, 6.45) is 5.71. The molecule has 28 heavy (non-hydrogen) atoms. The Hall–Kier alpha value is -2.70. The van der Waals surface area contributed by atoms with E-state index in [1.54, 1.807) is 18.2 Å². The van der Waals surface area contributed by atoms with Crippen LogP contribution >= 0.6 is 0 Å². The molecule has 1 aliphatic heterocycles. The van der Waals surface area contributed by atoms with Crippen LogP contribution in [0.1, 0.15) is 71.4 Å². The number of carbonyl (C=O) groups is 2. The minimum Gasteiger partial charge on any atom is -0.351 e. The molecule has 0 bridgehead atoms. The predicted molar refractivity (Wildman–Crippen MR) is 105 cm³/mol. The number of hydrogen-bond acceptors (Lipinski definition) is 3. The zero-order valence-electron chi connectivity index (χ0n) is 16.3. The Bertz CT molecular complexity index is 847. The van der Waals surface area contributed by atoms with E-state index in [9.17, 15) is 14.0 Å². The summed E-state index contributed by atoms with van der Waals surface area (Å²) in [5.41, 5.74) is 1.57. The molecule has 1 aromatic carbocycles. The molecule has 0 saturated heterocycles. The van der Waals surface area contributed by atoms with E-state index < -0.39 is 5.91 Å². The maximum absolute atomic E-state index is 13.8. The Kier molecular flexibility index (Phi) is 6.79. The molecule has 0 spiro atoms. The SMILES string of the molecule is CCCCCNC(=O)c1nc(C(=O)NCc2ccccc2F)n2c1CCCC2. The number of nitrogens with zero attached hydrogens (tertiary/aromatic N) is 2. The van der Waals surface area contributed by atoms with Gasteiger partial charge in [-0.2, -0.15) is 0 Å². The standard InChI is InChI=1S/C21H27FN4O2/c1-2-3-7-12-23-20(27)18-17-11-6-8-13-26(17)19(25-18)21(28)24-14-15-9-4-5-10-16(15)22/h4-5,9-10H,2-3,6-8,11-14H2,1H3,(H,23,27)(H,24,28). The molecule has 0 fully saturated rings. The number of carbonyl (C=O) groups excluding carboxylic acids is 2. The van der Waals surface area contributed by atoms with E-state index in [2.05, 4.69) is 22.5 Å². The van der Waals surface area contributed by atoms with Crippen molar-refractivity contribution < 1.29 is 14.0 Å². The molecule has 0 unspecified atom stereocenters. The van der Waals surface area contributed by atoms with E-state index in [4.69, 9.17) is 0 Å². The van der Waals surface area contributed by atoms with E-state index >= 15 is 0 Å². The highest BCUT2D eigenvalue weighted by Crippen LogP contribution is 2.21. The van der Waals surface area contributed by atoms with Crippen molar-refractivity contribution in [2.75, 3.05) is 6.54 Å². The lowest BCUT2D eigenvalue weighted by atomic mass is 10.1. The van der Waals surface area contributed by atoms with Crippen LogP contribution in [-0.2, 0) is 19.5 Å². The Labute approximate surface area is 164 Å². The molecule has 0 saturated carbocycles. The first-order valence-electron chi connectivity index (χ1n) is 10.0. The molecule has 0 aliphatic carbocycles. The van der Waals surface area contributed by atoms with Gasteiger partial charge in [-0.1, -0.05) is 38.0 Å². The van der Waals surface area contributed by atoms with Crippen LogP contribution in [-0.4, -0.2) is 27.9 Å². The first-order chi connectivity index (χ1) is 13.6. The maximum Gasteiger partial charge on any atom is 0.287 e. The summed E-state index contributed by atoms with van der Waals surface area (Å²) in [6, 6.07) is 6.33. The molecular formula is C21H27FN4O2. The van der Waals surface area contributed by atoms with Gasteiger partial charge in [0.2, 0.25) is 0 Å². The van der Waals surface area contributed by atoms with Crippen LogP contribution in [0.5, 0.6) is 0 Å². The normalized spacial score (nSPS) is 13.1. The summed E-state index contributed by atoms with van der Waals surface area (Å²) < 4.78 is 15.6. The number of hydrogen-bond donors (Lipinski definition) is 2. The Morgan fingerprint density at radius 2 is 1.96 bits per heavy atom. The average Bonchev–Trinajstić information content (AvgIpc) is 3.10. The Morgan fingerprint density at radius 3 is 2.75 bits per heavy atom. The van der Waals surface area contributed by atoms with Gasteiger partial charge >= 0.3 is 0 Å². The number of halogens is 1. The largest absolute Gasteiger partial charge is 0.351 e. The van der Waals surface area contributed by atoms with Crippen molar-refractivity contribution in [1.82, 2.24) is 20.2 Å². The number of aromatic nitrogens is 2. The van der Waals surface area contributed by atoms with Crippen LogP contribution in [0.25, 0.3) is 0 Å². The molecule has 2 N–H and O–H groups in total. The number of fused-ring (bicyclic) bond motifs is 1. The van der Waals surface area contributed by atoms with Crippen molar-refractivity contribution in [3.05, 3.63) is 52.9 Å². The third-order valence-electron chi connectivity index (χ3n) is 5.00. The van der Waals surface area contributed by atoms with Crippen molar-refractivity contribution in [1.29, 1.82) is 0 Å². The number of amides is 2. The zero-order chi connectivity index (χ0) is 19.9. The van der Waals surface area contributed by atoms with E-state index in [1.807, 2.05) is 4.57 Å². The summed E-state index contributed by atoms with van der Waals surface area (Å²) in [6.45, 7) is 3.45. The first kappa shape index (κ1) is 20.0. The molecule has 6 nitrogen and oxygen atoms in total. The van der Waals surface area contributed by atoms with Gasteiger partial charge in [0.1, 0.15) is 11.5 Å². The average molecular weight is 386 g/mol. The molecule has 1 aromatic heterocycles. The van der Waals surface area contributed by atoms with Crippen molar-refractivity contribution in [3.8, 4) is 0 Å². The summed E-state index contributed by atoms with van der Waals surface area (Å²) in [4.78, 5) is 29.6. The lowest BCUT2D eigenvalue weighted by molar-refractivity contribution is 0.0934. The molecule has 1 aliphatic rings. The molecule has 7 heteroatoms. The second-order valence-corrected chi connectivity index (χ2v) is 7.08. The highest BCUT2D eigenvalue weighted by molar-refractivity contribution is 5.97. The quantitative estimate of drug-likeness (QED) is 0.684. The third kappa shape index (κ3) is 4.58. The Balaban J connectivity index is 1.73. The van der Waals surface area contributed by atoms with Crippen LogP contribution in [0.15, 0.2) is 24.3 Å². The monoisotopic (exact) mass is 386 g/mol. The highest BCUT2D eigenvalue weighted by Gasteiger charge is 2.27. The van der Waals surface area contributed by atoms with Gasteiger partial charge in [0, 0.05) is 25.2 Å². The maximum atomic E-state index is 13.8. The molecule has 0 atom stereocenters. The fraction of sp³-hybridized carbons (Fsp3) is 0.476. The zero-order valence-corrected chi connectivity index (χ0v) is 16.3. The number of rotatable bonds is 8. The molecule has 2 amide bonds. The van der Waals surface area contributed by atoms with Gasteiger partial charge < -0.3 is 15.2 Å². The predicted octanol–water partition coefficient (Wildman–Crippen LogP) is 3.21. The van der Waals surface area contributed by atoms with Crippen LogP contribution in [0.2, 0.25) is 0 Å². The fourth-order valence-corrected chi connectivity index (χ4v) is 3.46. The number of benzene rings is 1. The topological polar surface area (TPSA) is 76.0 Å². The van der Waals surface area contributed by atoms with E-state index in [0.29, 0.717) is 24.3 Å².